The lowest BCUT2D eigenvalue weighted by molar-refractivity contribution is -0.141. The normalized spacial score (nSPS) is 21.7. The molecule has 1 heterocycles. The zero-order valence-electron chi connectivity index (χ0n) is 10.6. The Kier molecular flexibility index (Phi) is 3.11. The predicted molar refractivity (Wildman–Crippen MR) is 61.7 cm³/mol. The SMILES string of the molecule is Cc1noc(C)c1CN(C)C(=O)C1CC1C(=O)O. The number of aromatic nitrogens is 1. The summed E-state index contributed by atoms with van der Waals surface area (Å²) in [5.41, 5.74) is 1.65. The Morgan fingerprint density at radius 1 is 1.44 bits per heavy atom. The van der Waals surface area contributed by atoms with Gasteiger partial charge in [-0.05, 0) is 20.3 Å². The summed E-state index contributed by atoms with van der Waals surface area (Å²) in [5, 5.41) is 12.6. The Bertz CT molecular complexity index is 475. The maximum absolute atomic E-state index is 12.0. The number of amides is 1. The highest BCUT2D eigenvalue weighted by Crippen LogP contribution is 2.40. The first kappa shape index (κ1) is 12.6. The van der Waals surface area contributed by atoms with Crippen LogP contribution in [-0.4, -0.2) is 34.1 Å². The molecular formula is C12H16N2O4. The van der Waals surface area contributed by atoms with Crippen LogP contribution in [0.25, 0.3) is 0 Å². The number of nitrogens with zero attached hydrogens (tertiary/aromatic N) is 2. The minimum atomic E-state index is -0.890. The molecule has 6 nitrogen and oxygen atoms in total. The second-order valence-electron chi connectivity index (χ2n) is 4.78. The molecule has 0 bridgehead atoms. The second-order valence-corrected chi connectivity index (χ2v) is 4.78. The standard InChI is InChI=1S/C12H16N2O4/c1-6-10(7(2)18-13-6)5-14(3)11(15)8-4-9(8)12(16)17/h8-9H,4-5H2,1-3H3,(H,16,17). The van der Waals surface area contributed by atoms with Crippen LogP contribution in [0.4, 0.5) is 0 Å². The summed E-state index contributed by atoms with van der Waals surface area (Å²) in [7, 11) is 1.67. The quantitative estimate of drug-likeness (QED) is 0.863. The average Bonchev–Trinajstić information content (AvgIpc) is 3.05. The van der Waals surface area contributed by atoms with E-state index in [1.165, 1.54) is 0 Å². The smallest absolute Gasteiger partial charge is 0.307 e. The number of carbonyl (C=O) groups excluding carboxylic acids is 1. The molecule has 0 radical (unpaired) electrons. The maximum Gasteiger partial charge on any atom is 0.307 e. The van der Waals surface area contributed by atoms with Crippen molar-refractivity contribution in [2.24, 2.45) is 11.8 Å². The van der Waals surface area contributed by atoms with Crippen molar-refractivity contribution in [1.29, 1.82) is 0 Å². The van der Waals surface area contributed by atoms with Crippen LogP contribution in [0.5, 0.6) is 0 Å². The first-order valence-corrected chi connectivity index (χ1v) is 5.81. The van der Waals surface area contributed by atoms with Crippen molar-refractivity contribution in [1.82, 2.24) is 10.1 Å². The van der Waals surface area contributed by atoms with E-state index in [0.29, 0.717) is 18.7 Å². The van der Waals surface area contributed by atoms with Gasteiger partial charge in [0.1, 0.15) is 5.76 Å². The molecule has 1 N–H and O–H groups in total. The molecule has 1 fully saturated rings. The lowest BCUT2D eigenvalue weighted by Crippen LogP contribution is -2.29. The summed E-state index contributed by atoms with van der Waals surface area (Å²) in [6, 6.07) is 0. The van der Waals surface area contributed by atoms with Crippen LogP contribution in [0.15, 0.2) is 4.52 Å². The van der Waals surface area contributed by atoms with E-state index >= 15 is 0 Å². The predicted octanol–water partition coefficient (Wildman–Crippen LogP) is 0.971. The fourth-order valence-corrected chi connectivity index (χ4v) is 2.07. The number of hydrogen-bond acceptors (Lipinski definition) is 4. The summed E-state index contributed by atoms with van der Waals surface area (Å²) in [6.07, 6.45) is 0.445. The summed E-state index contributed by atoms with van der Waals surface area (Å²) in [4.78, 5) is 24.3. The zero-order chi connectivity index (χ0) is 13.4. The third-order valence-corrected chi connectivity index (χ3v) is 3.38. The van der Waals surface area contributed by atoms with Crippen molar-refractivity contribution < 1.29 is 19.2 Å². The van der Waals surface area contributed by atoms with Crippen LogP contribution in [0.1, 0.15) is 23.4 Å². The van der Waals surface area contributed by atoms with E-state index in [9.17, 15) is 9.59 Å². The molecule has 0 aliphatic heterocycles. The van der Waals surface area contributed by atoms with Gasteiger partial charge in [-0.1, -0.05) is 5.16 Å². The van der Waals surface area contributed by atoms with Crippen molar-refractivity contribution in [3.05, 3.63) is 17.0 Å². The zero-order valence-corrected chi connectivity index (χ0v) is 10.6. The van der Waals surface area contributed by atoms with E-state index in [1.54, 1.807) is 18.9 Å². The lowest BCUT2D eigenvalue weighted by atomic mass is 10.2. The van der Waals surface area contributed by atoms with Crippen LogP contribution < -0.4 is 0 Å². The Hall–Kier alpha value is -1.85. The van der Waals surface area contributed by atoms with Crippen LogP contribution in [-0.2, 0) is 16.1 Å². The van der Waals surface area contributed by atoms with E-state index in [2.05, 4.69) is 5.16 Å². The Morgan fingerprint density at radius 2 is 2.11 bits per heavy atom. The second kappa shape index (κ2) is 4.44. The molecule has 1 aliphatic carbocycles. The Morgan fingerprint density at radius 3 is 2.56 bits per heavy atom. The van der Waals surface area contributed by atoms with Gasteiger partial charge in [0.05, 0.1) is 24.1 Å². The van der Waals surface area contributed by atoms with E-state index < -0.39 is 11.9 Å². The minimum Gasteiger partial charge on any atom is -0.481 e. The first-order valence-electron chi connectivity index (χ1n) is 5.81. The molecule has 1 aliphatic rings. The van der Waals surface area contributed by atoms with Gasteiger partial charge in [-0.15, -0.1) is 0 Å². The van der Waals surface area contributed by atoms with Crippen molar-refractivity contribution in [2.75, 3.05) is 7.05 Å². The van der Waals surface area contributed by atoms with Crippen molar-refractivity contribution in [3.8, 4) is 0 Å². The lowest BCUT2D eigenvalue weighted by Gasteiger charge is -2.16. The topological polar surface area (TPSA) is 83.6 Å². The summed E-state index contributed by atoms with van der Waals surface area (Å²) in [6.45, 7) is 4.02. The molecule has 2 atom stereocenters. The molecule has 1 amide bonds. The largest absolute Gasteiger partial charge is 0.481 e. The van der Waals surface area contributed by atoms with Crippen LogP contribution in [0.2, 0.25) is 0 Å². The number of aryl methyl sites for hydroxylation is 2. The number of hydrogen-bond donors (Lipinski definition) is 1. The molecule has 0 saturated heterocycles. The molecule has 6 heteroatoms. The molecule has 1 aromatic heterocycles. The maximum atomic E-state index is 12.0. The van der Waals surface area contributed by atoms with Crippen molar-refractivity contribution >= 4 is 11.9 Å². The first-order chi connectivity index (χ1) is 8.41. The molecule has 2 rings (SSSR count). The van der Waals surface area contributed by atoms with Gasteiger partial charge in [0.25, 0.3) is 0 Å². The third kappa shape index (κ3) is 2.23. The summed E-state index contributed by atoms with van der Waals surface area (Å²) >= 11 is 0. The van der Waals surface area contributed by atoms with Gasteiger partial charge in [-0.2, -0.15) is 0 Å². The molecule has 1 aromatic rings. The van der Waals surface area contributed by atoms with Gasteiger partial charge in [0, 0.05) is 12.6 Å². The minimum absolute atomic E-state index is 0.123. The highest BCUT2D eigenvalue weighted by Gasteiger charge is 2.49. The van der Waals surface area contributed by atoms with Gasteiger partial charge in [0.2, 0.25) is 5.91 Å². The number of aliphatic carboxylic acids is 1. The number of carboxylic acids is 1. The van der Waals surface area contributed by atoms with E-state index in [-0.39, 0.29) is 11.8 Å². The van der Waals surface area contributed by atoms with Crippen LogP contribution in [0, 0.1) is 25.7 Å². The molecule has 0 spiro atoms. The highest BCUT2D eigenvalue weighted by atomic mass is 16.5. The van der Waals surface area contributed by atoms with Crippen molar-refractivity contribution in [3.63, 3.8) is 0 Å². The number of rotatable bonds is 4. The Balaban J connectivity index is 1.99. The molecule has 1 saturated carbocycles. The number of carboxylic acid groups (broad SMARTS) is 1. The van der Waals surface area contributed by atoms with Gasteiger partial charge in [-0.25, -0.2) is 0 Å². The fourth-order valence-electron chi connectivity index (χ4n) is 2.07. The van der Waals surface area contributed by atoms with Crippen LogP contribution in [0.3, 0.4) is 0 Å². The molecule has 0 aromatic carbocycles. The number of carbonyl (C=O) groups is 2. The monoisotopic (exact) mass is 252 g/mol. The highest BCUT2D eigenvalue weighted by molar-refractivity contribution is 5.89. The molecule has 18 heavy (non-hydrogen) atoms. The van der Waals surface area contributed by atoms with Gasteiger partial charge in [0.15, 0.2) is 0 Å². The average molecular weight is 252 g/mol. The van der Waals surface area contributed by atoms with Gasteiger partial charge in [-0.3, -0.25) is 9.59 Å². The van der Waals surface area contributed by atoms with Crippen LogP contribution >= 0.6 is 0 Å². The van der Waals surface area contributed by atoms with E-state index in [4.69, 9.17) is 9.63 Å². The fraction of sp³-hybridized carbons (Fsp3) is 0.583. The van der Waals surface area contributed by atoms with Crippen molar-refractivity contribution in [2.45, 2.75) is 26.8 Å². The van der Waals surface area contributed by atoms with E-state index in [0.717, 1.165) is 11.3 Å². The summed E-state index contributed by atoms with van der Waals surface area (Å²) < 4.78 is 5.03. The van der Waals surface area contributed by atoms with Gasteiger partial charge >= 0.3 is 5.97 Å². The molecule has 98 valence electrons. The van der Waals surface area contributed by atoms with Gasteiger partial charge < -0.3 is 14.5 Å². The third-order valence-electron chi connectivity index (χ3n) is 3.38. The Labute approximate surface area is 105 Å². The molecular weight excluding hydrogens is 236 g/mol. The summed E-state index contributed by atoms with van der Waals surface area (Å²) in [5.74, 6) is -1.20. The molecule has 2 unspecified atom stereocenters. The van der Waals surface area contributed by atoms with E-state index in [1.807, 2.05) is 6.92 Å².